The lowest BCUT2D eigenvalue weighted by molar-refractivity contribution is 0.0695. The summed E-state index contributed by atoms with van der Waals surface area (Å²) in [6, 6.07) is 1.39. The van der Waals surface area contributed by atoms with Crippen LogP contribution in [-0.2, 0) is 4.74 Å². The van der Waals surface area contributed by atoms with E-state index in [1.165, 1.54) is 12.3 Å². The summed E-state index contributed by atoms with van der Waals surface area (Å²) < 4.78 is 22.1. The Hall–Kier alpha value is -2.41. The predicted molar refractivity (Wildman–Crippen MR) is 100 cm³/mol. The quantitative estimate of drug-likeness (QED) is 0.871. The van der Waals surface area contributed by atoms with Crippen LogP contribution in [0.1, 0.15) is 41.2 Å². The zero-order valence-electron chi connectivity index (χ0n) is 15.5. The number of benzene rings is 1. The first-order valence-electron chi connectivity index (χ1n) is 9.27. The number of aryl methyl sites for hydroxylation is 1. The number of nitrogens with zero attached hydrogens (tertiary/aromatic N) is 2. The molecule has 0 spiro atoms. The van der Waals surface area contributed by atoms with E-state index >= 15 is 4.39 Å². The highest BCUT2D eigenvalue weighted by molar-refractivity contribution is 5.95. The fraction of sp³-hybridized carbons (Fsp3) is 0.500. The summed E-state index contributed by atoms with van der Waals surface area (Å²) in [4.78, 5) is 26.1. The van der Waals surface area contributed by atoms with Crippen LogP contribution < -0.4 is 10.3 Å². The van der Waals surface area contributed by atoms with Gasteiger partial charge in [-0.3, -0.25) is 4.79 Å². The maximum Gasteiger partial charge on any atom is 0.341 e. The fourth-order valence-corrected chi connectivity index (χ4v) is 4.26. The lowest BCUT2D eigenvalue weighted by Gasteiger charge is -2.24. The number of anilines is 1. The molecule has 1 aromatic carbocycles. The molecule has 1 aliphatic carbocycles. The standard InChI is InChI=1S/C20H23FN2O4/c1-11-17-14(19(24)15(20(25)26)9-23(17)13-3-4-13)7-16(21)18(11)22-6-5-12(8-22)10-27-2/h7,9,12-13H,3-6,8,10H2,1-2H3,(H,25,26)/t12-/m1/s1. The first-order chi connectivity index (χ1) is 12.9. The number of fused-ring (bicyclic) bond motifs is 1. The zero-order chi connectivity index (χ0) is 19.3. The Morgan fingerprint density at radius 3 is 2.74 bits per heavy atom. The smallest absolute Gasteiger partial charge is 0.341 e. The average Bonchev–Trinajstić information content (AvgIpc) is 3.36. The van der Waals surface area contributed by atoms with Crippen LogP contribution in [0.3, 0.4) is 0 Å². The number of carbonyl (C=O) groups is 1. The number of aromatic carboxylic acids is 1. The molecule has 1 saturated carbocycles. The highest BCUT2D eigenvalue weighted by Crippen LogP contribution is 2.40. The van der Waals surface area contributed by atoms with Crippen molar-refractivity contribution in [3.63, 3.8) is 0 Å². The normalized spacial score (nSPS) is 19.8. The molecule has 6 nitrogen and oxygen atoms in total. The lowest BCUT2D eigenvalue weighted by Crippen LogP contribution is -2.25. The molecule has 2 aromatic rings. The van der Waals surface area contributed by atoms with Gasteiger partial charge in [-0.05, 0) is 37.8 Å². The molecule has 0 bridgehead atoms. The summed E-state index contributed by atoms with van der Waals surface area (Å²) in [6.45, 7) is 3.90. The number of aromatic nitrogens is 1. The molecule has 1 aromatic heterocycles. The molecular weight excluding hydrogens is 351 g/mol. The van der Waals surface area contributed by atoms with Crippen LogP contribution in [0.25, 0.3) is 10.9 Å². The van der Waals surface area contributed by atoms with Crippen LogP contribution in [0.15, 0.2) is 17.1 Å². The summed E-state index contributed by atoms with van der Waals surface area (Å²) in [7, 11) is 1.67. The molecule has 2 aliphatic rings. The van der Waals surface area contributed by atoms with E-state index in [-0.39, 0.29) is 17.0 Å². The van der Waals surface area contributed by atoms with Crippen LogP contribution >= 0.6 is 0 Å². The summed E-state index contributed by atoms with van der Waals surface area (Å²) in [5.74, 6) is -1.40. The molecule has 1 N–H and O–H groups in total. The second-order valence-electron chi connectivity index (χ2n) is 7.60. The first-order valence-corrected chi connectivity index (χ1v) is 9.27. The van der Waals surface area contributed by atoms with E-state index in [4.69, 9.17) is 4.74 Å². The van der Waals surface area contributed by atoms with E-state index < -0.39 is 17.2 Å². The number of halogens is 1. The van der Waals surface area contributed by atoms with Crippen LogP contribution in [-0.4, -0.2) is 42.4 Å². The third kappa shape index (κ3) is 3.00. The maximum absolute atomic E-state index is 15.0. The maximum atomic E-state index is 15.0. The van der Waals surface area contributed by atoms with E-state index in [0.717, 1.165) is 25.8 Å². The van der Waals surface area contributed by atoms with E-state index in [9.17, 15) is 14.7 Å². The number of ether oxygens (including phenoxy) is 1. The minimum Gasteiger partial charge on any atom is -0.477 e. The van der Waals surface area contributed by atoms with Crippen LogP contribution in [0.2, 0.25) is 0 Å². The van der Waals surface area contributed by atoms with Gasteiger partial charge in [-0.1, -0.05) is 0 Å². The van der Waals surface area contributed by atoms with Gasteiger partial charge in [-0.15, -0.1) is 0 Å². The third-order valence-corrected chi connectivity index (χ3v) is 5.65. The summed E-state index contributed by atoms with van der Waals surface area (Å²) >= 11 is 0. The molecule has 0 unspecified atom stereocenters. The van der Waals surface area contributed by atoms with Gasteiger partial charge in [0.1, 0.15) is 11.4 Å². The van der Waals surface area contributed by atoms with E-state index in [1.54, 1.807) is 7.11 Å². The van der Waals surface area contributed by atoms with Crippen molar-refractivity contribution in [2.75, 3.05) is 31.7 Å². The van der Waals surface area contributed by atoms with Crippen molar-refractivity contribution < 1.29 is 19.0 Å². The summed E-state index contributed by atoms with van der Waals surface area (Å²) in [5.41, 5.74) is 0.935. The second kappa shape index (κ2) is 6.64. The fourth-order valence-electron chi connectivity index (χ4n) is 4.26. The minimum atomic E-state index is -1.28. The van der Waals surface area contributed by atoms with Gasteiger partial charge < -0.3 is 19.3 Å². The van der Waals surface area contributed by atoms with Crippen molar-refractivity contribution in [3.8, 4) is 0 Å². The van der Waals surface area contributed by atoms with Gasteiger partial charge in [-0.25, -0.2) is 9.18 Å². The molecule has 0 radical (unpaired) electrons. The summed E-state index contributed by atoms with van der Waals surface area (Å²) in [5, 5.41) is 9.52. The lowest BCUT2D eigenvalue weighted by atomic mass is 10.0. The molecule has 144 valence electrons. The van der Waals surface area contributed by atoms with Gasteiger partial charge >= 0.3 is 5.97 Å². The Balaban J connectivity index is 1.91. The molecule has 27 heavy (non-hydrogen) atoms. The highest BCUT2D eigenvalue weighted by atomic mass is 19.1. The molecule has 1 atom stereocenters. The number of pyridine rings is 1. The minimum absolute atomic E-state index is 0.146. The second-order valence-corrected chi connectivity index (χ2v) is 7.60. The number of hydrogen-bond donors (Lipinski definition) is 1. The molecule has 4 rings (SSSR count). The molecule has 0 amide bonds. The summed E-state index contributed by atoms with van der Waals surface area (Å²) in [6.07, 6.45) is 4.22. The van der Waals surface area contributed by atoms with Crippen molar-refractivity contribution in [1.82, 2.24) is 4.57 Å². The number of rotatable bonds is 5. The Bertz CT molecular complexity index is 980. The van der Waals surface area contributed by atoms with Crippen LogP contribution in [0.4, 0.5) is 10.1 Å². The largest absolute Gasteiger partial charge is 0.477 e. The molecule has 2 heterocycles. The van der Waals surface area contributed by atoms with E-state index in [2.05, 4.69) is 0 Å². The SMILES string of the molecule is COC[C@@H]1CCN(c2c(F)cc3c(=O)c(C(=O)O)cn(C4CC4)c3c2C)C1. The van der Waals surface area contributed by atoms with Crippen LogP contribution in [0, 0.1) is 18.7 Å². The van der Waals surface area contributed by atoms with Gasteiger partial charge in [0.15, 0.2) is 0 Å². The first kappa shape index (κ1) is 18.0. The highest BCUT2D eigenvalue weighted by Gasteiger charge is 2.31. The van der Waals surface area contributed by atoms with Crippen molar-refractivity contribution in [1.29, 1.82) is 0 Å². The Morgan fingerprint density at radius 1 is 1.37 bits per heavy atom. The Morgan fingerprint density at radius 2 is 2.11 bits per heavy atom. The van der Waals surface area contributed by atoms with E-state index in [1.807, 2.05) is 16.4 Å². The molecule has 1 saturated heterocycles. The van der Waals surface area contributed by atoms with Crippen LogP contribution in [0.5, 0.6) is 0 Å². The topological polar surface area (TPSA) is 71.8 Å². The number of carboxylic acids is 1. The Labute approximate surface area is 156 Å². The van der Waals surface area contributed by atoms with E-state index in [0.29, 0.717) is 35.8 Å². The molecule has 2 fully saturated rings. The van der Waals surface area contributed by atoms with Gasteiger partial charge in [0.2, 0.25) is 5.43 Å². The van der Waals surface area contributed by atoms with Gasteiger partial charge in [0.25, 0.3) is 0 Å². The van der Waals surface area contributed by atoms with Crippen molar-refractivity contribution in [2.24, 2.45) is 5.92 Å². The van der Waals surface area contributed by atoms with Crippen molar-refractivity contribution >= 4 is 22.6 Å². The molecular formula is C20H23FN2O4. The predicted octanol–water partition coefficient (Wildman–Crippen LogP) is 2.95. The molecule has 1 aliphatic heterocycles. The zero-order valence-corrected chi connectivity index (χ0v) is 15.5. The third-order valence-electron chi connectivity index (χ3n) is 5.65. The molecule has 7 heteroatoms. The van der Waals surface area contributed by atoms with Gasteiger partial charge in [0, 0.05) is 43.7 Å². The van der Waals surface area contributed by atoms with Crippen molar-refractivity contribution in [2.45, 2.75) is 32.2 Å². The van der Waals surface area contributed by atoms with Gasteiger partial charge in [-0.2, -0.15) is 0 Å². The number of hydrogen-bond acceptors (Lipinski definition) is 4. The van der Waals surface area contributed by atoms with Gasteiger partial charge in [0.05, 0.1) is 17.8 Å². The van der Waals surface area contributed by atoms with Crippen molar-refractivity contribution in [3.05, 3.63) is 39.4 Å². The monoisotopic (exact) mass is 374 g/mol. The Kier molecular flexibility index (Phi) is 4.42. The number of methoxy groups -OCH3 is 1. The number of carboxylic acid groups (broad SMARTS) is 1. The average molecular weight is 374 g/mol.